The summed E-state index contributed by atoms with van der Waals surface area (Å²) in [5.41, 5.74) is 2.00. The van der Waals surface area contributed by atoms with Gasteiger partial charge in [0.15, 0.2) is 11.5 Å². The van der Waals surface area contributed by atoms with Crippen molar-refractivity contribution in [2.75, 3.05) is 6.79 Å². The number of hydrogen-bond acceptors (Lipinski definition) is 7. The van der Waals surface area contributed by atoms with E-state index in [0.717, 1.165) is 11.1 Å². The highest BCUT2D eigenvalue weighted by Gasteiger charge is 2.19. The molecule has 1 aromatic heterocycles. The fraction of sp³-hybridized carbons (Fsp3) is 0.0714. The highest BCUT2D eigenvalue weighted by molar-refractivity contribution is 5.83. The molecule has 0 fully saturated rings. The largest absolute Gasteiger partial charge is 0.454 e. The van der Waals surface area contributed by atoms with Crippen molar-refractivity contribution >= 4 is 5.69 Å². The van der Waals surface area contributed by atoms with E-state index in [1.54, 1.807) is 12.1 Å². The van der Waals surface area contributed by atoms with Crippen LogP contribution in [0.5, 0.6) is 11.5 Å². The number of rotatable bonds is 3. The van der Waals surface area contributed by atoms with Crippen molar-refractivity contribution in [1.29, 1.82) is 0 Å². The molecule has 4 rings (SSSR count). The van der Waals surface area contributed by atoms with Crippen LogP contribution in [-0.4, -0.2) is 32.3 Å². The van der Waals surface area contributed by atoms with Crippen molar-refractivity contribution in [3.63, 3.8) is 0 Å². The molecule has 0 atom stereocenters. The van der Waals surface area contributed by atoms with Crippen molar-refractivity contribution in [2.24, 2.45) is 0 Å². The van der Waals surface area contributed by atoms with Gasteiger partial charge in [-0.1, -0.05) is 6.07 Å². The van der Waals surface area contributed by atoms with Crippen LogP contribution in [0.4, 0.5) is 5.69 Å². The molecule has 114 valence electrons. The summed E-state index contributed by atoms with van der Waals surface area (Å²) in [4.78, 5) is 10.6. The van der Waals surface area contributed by atoms with Crippen molar-refractivity contribution in [1.82, 2.24) is 20.6 Å². The van der Waals surface area contributed by atoms with E-state index in [4.69, 9.17) is 9.47 Å². The molecule has 0 bridgehead atoms. The summed E-state index contributed by atoms with van der Waals surface area (Å²) >= 11 is 0. The Balaban J connectivity index is 1.89. The molecule has 1 aliphatic heterocycles. The zero-order chi connectivity index (χ0) is 15.8. The van der Waals surface area contributed by atoms with Gasteiger partial charge in [0.25, 0.3) is 5.69 Å². The minimum atomic E-state index is -0.465. The van der Waals surface area contributed by atoms with Gasteiger partial charge < -0.3 is 9.47 Å². The number of nitro benzene ring substituents is 1. The fourth-order valence-electron chi connectivity index (χ4n) is 2.42. The molecule has 2 aromatic carbocycles. The lowest BCUT2D eigenvalue weighted by molar-refractivity contribution is -0.384. The van der Waals surface area contributed by atoms with Crippen LogP contribution in [0.15, 0.2) is 36.4 Å². The lowest BCUT2D eigenvalue weighted by atomic mass is 9.98. The summed E-state index contributed by atoms with van der Waals surface area (Å²) in [6.45, 7) is 0.177. The molecule has 0 saturated heterocycles. The maximum atomic E-state index is 11.0. The van der Waals surface area contributed by atoms with E-state index in [1.165, 1.54) is 12.1 Å². The van der Waals surface area contributed by atoms with Crippen LogP contribution in [-0.2, 0) is 0 Å². The number of hydrogen-bond donors (Lipinski definition) is 1. The lowest BCUT2D eigenvalue weighted by Crippen LogP contribution is -1.93. The van der Waals surface area contributed by atoms with Gasteiger partial charge in [-0.2, -0.15) is 5.21 Å². The van der Waals surface area contributed by atoms with Crippen molar-refractivity contribution < 1.29 is 14.4 Å². The quantitative estimate of drug-likeness (QED) is 0.582. The Hall–Kier alpha value is -3.49. The molecular formula is C14H9N5O4. The second-order valence-corrected chi connectivity index (χ2v) is 4.79. The Morgan fingerprint density at radius 2 is 1.96 bits per heavy atom. The Bertz CT molecular complexity index is 894. The van der Waals surface area contributed by atoms with Gasteiger partial charge in [-0.15, -0.1) is 10.2 Å². The number of H-pyrrole nitrogens is 1. The lowest BCUT2D eigenvalue weighted by Gasteiger charge is -2.08. The minimum Gasteiger partial charge on any atom is -0.454 e. The SMILES string of the molecule is O=[N+]([O-])c1ccc(-c2ccc3c(c2)OCO3)c(-c2nn[nH]n2)c1. The monoisotopic (exact) mass is 311 g/mol. The number of tetrazole rings is 1. The minimum absolute atomic E-state index is 0.0470. The first kappa shape index (κ1) is 13.2. The Morgan fingerprint density at radius 1 is 1.09 bits per heavy atom. The number of aromatic nitrogens is 4. The van der Waals surface area contributed by atoms with Crippen LogP contribution in [0.2, 0.25) is 0 Å². The van der Waals surface area contributed by atoms with Gasteiger partial charge >= 0.3 is 0 Å². The van der Waals surface area contributed by atoms with Crippen LogP contribution in [0.25, 0.3) is 22.5 Å². The summed E-state index contributed by atoms with van der Waals surface area (Å²) in [5, 5.41) is 24.7. The zero-order valence-corrected chi connectivity index (χ0v) is 11.6. The van der Waals surface area contributed by atoms with E-state index in [2.05, 4.69) is 20.6 Å². The molecule has 0 aliphatic carbocycles. The van der Waals surface area contributed by atoms with Gasteiger partial charge in [0.1, 0.15) is 0 Å². The summed E-state index contributed by atoms with van der Waals surface area (Å²) in [6.07, 6.45) is 0. The second-order valence-electron chi connectivity index (χ2n) is 4.79. The molecule has 0 radical (unpaired) electrons. The summed E-state index contributed by atoms with van der Waals surface area (Å²) in [7, 11) is 0. The van der Waals surface area contributed by atoms with E-state index in [1.807, 2.05) is 12.1 Å². The Labute approximate surface area is 129 Å². The number of ether oxygens (including phenoxy) is 2. The van der Waals surface area contributed by atoms with E-state index >= 15 is 0 Å². The maximum Gasteiger partial charge on any atom is 0.270 e. The molecule has 0 amide bonds. The molecule has 0 saturated carbocycles. The standard InChI is InChI=1S/C14H9N5O4/c20-19(21)9-2-3-10(11(6-9)14-15-17-18-16-14)8-1-4-12-13(5-8)23-7-22-12/h1-6H,7H2,(H,15,16,17,18). The summed E-state index contributed by atoms with van der Waals surface area (Å²) < 4.78 is 10.7. The average Bonchev–Trinajstić information content (AvgIpc) is 3.25. The third-order valence-corrected chi connectivity index (χ3v) is 3.48. The third-order valence-electron chi connectivity index (χ3n) is 3.48. The molecule has 1 aliphatic rings. The second kappa shape index (κ2) is 5.05. The number of fused-ring (bicyclic) bond motifs is 1. The molecule has 23 heavy (non-hydrogen) atoms. The maximum absolute atomic E-state index is 11.0. The van der Waals surface area contributed by atoms with Crippen LogP contribution >= 0.6 is 0 Å². The van der Waals surface area contributed by atoms with Crippen molar-refractivity contribution in [3.8, 4) is 34.0 Å². The van der Waals surface area contributed by atoms with E-state index in [-0.39, 0.29) is 18.3 Å². The number of nitrogens with one attached hydrogen (secondary N) is 1. The molecule has 0 spiro atoms. The zero-order valence-electron chi connectivity index (χ0n) is 11.6. The van der Waals surface area contributed by atoms with Crippen LogP contribution in [0.1, 0.15) is 0 Å². The van der Waals surface area contributed by atoms with Gasteiger partial charge in [-0.05, 0) is 34.5 Å². The average molecular weight is 311 g/mol. The predicted molar refractivity (Wildman–Crippen MR) is 77.8 cm³/mol. The van der Waals surface area contributed by atoms with Crippen molar-refractivity contribution in [3.05, 3.63) is 46.5 Å². The number of benzene rings is 2. The number of aromatic amines is 1. The number of nitro groups is 1. The Morgan fingerprint density at radius 3 is 2.74 bits per heavy atom. The van der Waals surface area contributed by atoms with Crippen LogP contribution in [0, 0.1) is 10.1 Å². The highest BCUT2D eigenvalue weighted by Crippen LogP contribution is 2.39. The molecule has 1 N–H and O–H groups in total. The first-order valence-corrected chi connectivity index (χ1v) is 6.64. The van der Waals surface area contributed by atoms with Crippen molar-refractivity contribution in [2.45, 2.75) is 0 Å². The molecule has 3 aromatic rings. The molecule has 9 heteroatoms. The number of non-ortho nitro benzene ring substituents is 1. The Kier molecular flexibility index (Phi) is 2.90. The van der Waals surface area contributed by atoms with E-state index < -0.39 is 4.92 Å². The van der Waals surface area contributed by atoms with Gasteiger partial charge in [0.2, 0.25) is 12.6 Å². The molecular weight excluding hydrogens is 302 g/mol. The highest BCUT2D eigenvalue weighted by atomic mass is 16.7. The van der Waals surface area contributed by atoms with Crippen LogP contribution in [0.3, 0.4) is 0 Å². The van der Waals surface area contributed by atoms with Gasteiger partial charge in [-0.25, -0.2) is 0 Å². The van der Waals surface area contributed by atoms with Crippen LogP contribution < -0.4 is 9.47 Å². The molecule has 2 heterocycles. The number of nitrogens with zero attached hydrogens (tertiary/aromatic N) is 4. The van der Waals surface area contributed by atoms with E-state index in [0.29, 0.717) is 17.1 Å². The normalized spacial score (nSPS) is 12.3. The summed E-state index contributed by atoms with van der Waals surface area (Å²) in [6, 6.07) is 9.96. The van der Waals surface area contributed by atoms with Gasteiger partial charge in [-0.3, -0.25) is 10.1 Å². The van der Waals surface area contributed by atoms with Gasteiger partial charge in [0, 0.05) is 17.7 Å². The first-order valence-electron chi connectivity index (χ1n) is 6.64. The smallest absolute Gasteiger partial charge is 0.270 e. The fourth-order valence-corrected chi connectivity index (χ4v) is 2.42. The first-order chi connectivity index (χ1) is 11.2. The topological polar surface area (TPSA) is 116 Å². The van der Waals surface area contributed by atoms with E-state index in [9.17, 15) is 10.1 Å². The third kappa shape index (κ3) is 2.24. The van der Waals surface area contributed by atoms with Gasteiger partial charge in [0.05, 0.1) is 4.92 Å². The predicted octanol–water partition coefficient (Wildman–Crippen LogP) is 2.17. The molecule has 0 unspecified atom stereocenters. The molecule has 9 nitrogen and oxygen atoms in total. The summed E-state index contributed by atoms with van der Waals surface area (Å²) in [5.74, 6) is 1.57.